The van der Waals surface area contributed by atoms with Crippen LogP contribution in [0.4, 0.5) is 0 Å². The highest BCUT2D eigenvalue weighted by Gasteiger charge is 2.45. The van der Waals surface area contributed by atoms with Crippen LogP contribution in [0.2, 0.25) is 0 Å². The Labute approximate surface area is 158 Å². The Morgan fingerprint density at radius 3 is 2.35 bits per heavy atom. The first-order valence-corrected chi connectivity index (χ1v) is 10.5. The van der Waals surface area contributed by atoms with Crippen LogP contribution in [0, 0.1) is 0 Å². The number of carbonyl (C=O) groups excluding carboxylic acids is 1. The fourth-order valence-corrected chi connectivity index (χ4v) is 5.25. The summed E-state index contributed by atoms with van der Waals surface area (Å²) in [6.45, 7) is 6.46. The number of nitrogens with zero attached hydrogens (tertiary/aromatic N) is 3. The lowest BCUT2D eigenvalue weighted by Crippen LogP contribution is -2.51. The molecule has 0 bridgehead atoms. The molecule has 3 aliphatic rings. The van der Waals surface area contributed by atoms with Crippen molar-refractivity contribution < 1.29 is 4.79 Å². The Bertz CT molecular complexity index is 603. The molecule has 26 heavy (non-hydrogen) atoms. The van der Waals surface area contributed by atoms with Gasteiger partial charge in [-0.25, -0.2) is 0 Å². The second kappa shape index (κ2) is 7.69. The average Bonchev–Trinajstić information content (AvgIpc) is 3.19. The molecule has 4 rings (SSSR count). The van der Waals surface area contributed by atoms with Gasteiger partial charge in [0.15, 0.2) is 0 Å². The van der Waals surface area contributed by atoms with Gasteiger partial charge in [0.05, 0.1) is 5.41 Å². The van der Waals surface area contributed by atoms with Crippen LogP contribution in [-0.4, -0.2) is 73.0 Å². The Hall–Kier alpha value is -1.39. The van der Waals surface area contributed by atoms with Crippen molar-refractivity contribution in [3.05, 3.63) is 35.9 Å². The molecule has 1 amide bonds. The number of amides is 1. The largest absolute Gasteiger partial charge is 0.340 e. The van der Waals surface area contributed by atoms with E-state index in [4.69, 9.17) is 0 Å². The van der Waals surface area contributed by atoms with Gasteiger partial charge in [-0.15, -0.1) is 0 Å². The van der Waals surface area contributed by atoms with E-state index in [-0.39, 0.29) is 5.41 Å². The van der Waals surface area contributed by atoms with Crippen LogP contribution >= 0.6 is 0 Å². The predicted molar refractivity (Wildman–Crippen MR) is 105 cm³/mol. The van der Waals surface area contributed by atoms with Crippen molar-refractivity contribution in [1.29, 1.82) is 0 Å². The molecular formula is C22H33N3O. The lowest BCUT2D eigenvalue weighted by Gasteiger charge is -2.40. The molecule has 0 radical (unpaired) electrons. The zero-order valence-corrected chi connectivity index (χ0v) is 16.2. The summed E-state index contributed by atoms with van der Waals surface area (Å²) in [5.74, 6) is 0.403. The topological polar surface area (TPSA) is 26.8 Å². The second-order valence-corrected chi connectivity index (χ2v) is 8.54. The van der Waals surface area contributed by atoms with E-state index in [1.807, 2.05) is 0 Å². The van der Waals surface area contributed by atoms with Crippen LogP contribution < -0.4 is 0 Å². The lowest BCUT2D eigenvalue weighted by molar-refractivity contribution is -0.138. The summed E-state index contributed by atoms with van der Waals surface area (Å²) in [6.07, 6.45) is 6.80. The average molecular weight is 356 g/mol. The van der Waals surface area contributed by atoms with Gasteiger partial charge >= 0.3 is 0 Å². The molecule has 0 aromatic heterocycles. The smallest absolute Gasteiger partial charge is 0.233 e. The molecule has 2 heterocycles. The minimum atomic E-state index is -0.267. The van der Waals surface area contributed by atoms with Crippen LogP contribution in [0.3, 0.4) is 0 Å². The van der Waals surface area contributed by atoms with Gasteiger partial charge in [-0.05, 0) is 31.9 Å². The van der Waals surface area contributed by atoms with Crippen LogP contribution in [0.1, 0.15) is 44.1 Å². The van der Waals surface area contributed by atoms with Crippen molar-refractivity contribution in [2.75, 3.05) is 46.3 Å². The third kappa shape index (κ3) is 3.41. The van der Waals surface area contributed by atoms with E-state index in [0.29, 0.717) is 11.9 Å². The van der Waals surface area contributed by atoms with Gasteiger partial charge in [-0.2, -0.15) is 0 Å². The number of hydrogen-bond donors (Lipinski definition) is 0. The molecule has 1 aliphatic carbocycles. The minimum absolute atomic E-state index is 0.267. The Balaban J connectivity index is 1.48. The third-order valence-corrected chi connectivity index (χ3v) is 6.95. The van der Waals surface area contributed by atoms with Gasteiger partial charge in [-0.1, -0.05) is 49.6 Å². The fraction of sp³-hybridized carbons (Fsp3) is 0.682. The number of likely N-dealkylation sites (tertiary alicyclic amines) is 1. The standard InChI is InChI=1S/C22H33N3O/c1-23-14-16-24(17-15-23)20-10-13-25(18-20)21(26)22(11-6-3-7-12-22)19-8-4-2-5-9-19/h2,4-5,8-9,20H,3,6-7,10-18H2,1H3. The van der Waals surface area contributed by atoms with Gasteiger partial charge in [-0.3, -0.25) is 9.69 Å². The fourth-order valence-electron chi connectivity index (χ4n) is 5.25. The number of hydrogen-bond acceptors (Lipinski definition) is 3. The quantitative estimate of drug-likeness (QED) is 0.834. The number of rotatable bonds is 3. The number of benzene rings is 1. The van der Waals surface area contributed by atoms with E-state index in [1.54, 1.807) is 0 Å². The SMILES string of the molecule is CN1CCN(C2CCN(C(=O)C3(c4ccccc4)CCCCC3)C2)CC1. The molecule has 3 fully saturated rings. The van der Waals surface area contributed by atoms with E-state index in [9.17, 15) is 4.79 Å². The molecule has 2 aliphatic heterocycles. The van der Waals surface area contributed by atoms with Gasteiger partial charge < -0.3 is 9.80 Å². The second-order valence-electron chi connectivity index (χ2n) is 8.54. The molecule has 2 saturated heterocycles. The first-order chi connectivity index (χ1) is 12.7. The van der Waals surface area contributed by atoms with Crippen molar-refractivity contribution in [3.8, 4) is 0 Å². The molecule has 142 valence electrons. The van der Waals surface area contributed by atoms with Crippen LogP contribution in [0.5, 0.6) is 0 Å². The highest BCUT2D eigenvalue weighted by atomic mass is 16.2. The zero-order chi connectivity index (χ0) is 18.0. The van der Waals surface area contributed by atoms with Crippen molar-refractivity contribution in [1.82, 2.24) is 14.7 Å². The summed E-state index contributed by atoms with van der Waals surface area (Å²) in [5.41, 5.74) is 0.976. The van der Waals surface area contributed by atoms with Crippen molar-refractivity contribution in [3.63, 3.8) is 0 Å². The highest BCUT2D eigenvalue weighted by molar-refractivity contribution is 5.88. The van der Waals surface area contributed by atoms with Gasteiger partial charge in [0, 0.05) is 45.3 Å². The van der Waals surface area contributed by atoms with Crippen molar-refractivity contribution in [2.45, 2.75) is 50.0 Å². The normalized spacial score (nSPS) is 27.6. The van der Waals surface area contributed by atoms with Gasteiger partial charge in [0.2, 0.25) is 5.91 Å². The van der Waals surface area contributed by atoms with E-state index in [2.05, 4.69) is 52.1 Å². The van der Waals surface area contributed by atoms with E-state index in [1.165, 1.54) is 24.8 Å². The molecule has 0 spiro atoms. The first-order valence-electron chi connectivity index (χ1n) is 10.5. The molecule has 1 aromatic carbocycles. The monoisotopic (exact) mass is 355 g/mol. The number of likely N-dealkylation sites (N-methyl/N-ethyl adjacent to an activating group) is 1. The summed E-state index contributed by atoms with van der Waals surface area (Å²) in [5, 5.41) is 0. The highest BCUT2D eigenvalue weighted by Crippen LogP contribution is 2.41. The summed E-state index contributed by atoms with van der Waals surface area (Å²) in [4.78, 5) is 20.9. The summed E-state index contributed by atoms with van der Waals surface area (Å²) in [7, 11) is 2.20. The summed E-state index contributed by atoms with van der Waals surface area (Å²) >= 11 is 0. The molecule has 1 unspecified atom stereocenters. The van der Waals surface area contributed by atoms with Gasteiger partial charge in [0.1, 0.15) is 0 Å². The first kappa shape index (κ1) is 18.0. The number of carbonyl (C=O) groups is 1. The van der Waals surface area contributed by atoms with Crippen LogP contribution in [0.25, 0.3) is 0 Å². The van der Waals surface area contributed by atoms with E-state index < -0.39 is 0 Å². The molecule has 1 saturated carbocycles. The third-order valence-electron chi connectivity index (χ3n) is 6.95. The maximum Gasteiger partial charge on any atom is 0.233 e. The molecule has 4 heteroatoms. The Morgan fingerprint density at radius 2 is 1.65 bits per heavy atom. The lowest BCUT2D eigenvalue weighted by atomic mass is 9.68. The molecule has 1 atom stereocenters. The van der Waals surface area contributed by atoms with E-state index in [0.717, 1.165) is 58.5 Å². The minimum Gasteiger partial charge on any atom is -0.340 e. The maximum atomic E-state index is 13.7. The molecular weight excluding hydrogens is 322 g/mol. The Morgan fingerprint density at radius 1 is 0.962 bits per heavy atom. The van der Waals surface area contributed by atoms with Gasteiger partial charge in [0.25, 0.3) is 0 Å². The van der Waals surface area contributed by atoms with Crippen LogP contribution in [-0.2, 0) is 10.2 Å². The zero-order valence-electron chi connectivity index (χ0n) is 16.2. The molecule has 1 aromatic rings. The van der Waals surface area contributed by atoms with Crippen molar-refractivity contribution >= 4 is 5.91 Å². The molecule has 0 N–H and O–H groups in total. The summed E-state index contributed by atoms with van der Waals surface area (Å²) in [6, 6.07) is 11.2. The summed E-state index contributed by atoms with van der Waals surface area (Å²) < 4.78 is 0. The molecule has 4 nitrogen and oxygen atoms in total. The van der Waals surface area contributed by atoms with Crippen molar-refractivity contribution in [2.24, 2.45) is 0 Å². The Kier molecular flexibility index (Phi) is 5.32. The maximum absolute atomic E-state index is 13.7. The predicted octanol–water partition coefficient (Wildman–Crippen LogP) is 2.74. The van der Waals surface area contributed by atoms with E-state index >= 15 is 0 Å². The number of piperazine rings is 1. The van der Waals surface area contributed by atoms with Crippen LogP contribution in [0.15, 0.2) is 30.3 Å².